The van der Waals surface area contributed by atoms with Gasteiger partial charge in [-0.15, -0.1) is 0 Å². The van der Waals surface area contributed by atoms with Gasteiger partial charge in [-0.3, -0.25) is 14.6 Å². The molecule has 0 aliphatic rings. The van der Waals surface area contributed by atoms with E-state index in [0.717, 1.165) is 5.56 Å². The Labute approximate surface area is 122 Å². The molecule has 0 saturated carbocycles. The number of nitrogens with zero attached hydrogens (tertiary/aromatic N) is 1. The molecule has 21 heavy (non-hydrogen) atoms. The van der Waals surface area contributed by atoms with Crippen molar-refractivity contribution >= 4 is 11.9 Å². The number of rotatable bonds is 5. The van der Waals surface area contributed by atoms with Crippen molar-refractivity contribution in [1.82, 2.24) is 15.3 Å². The number of amides is 1. The average molecular weight is 286 g/mol. The smallest absolute Gasteiger partial charge is 0.255 e. The second-order valence-corrected chi connectivity index (χ2v) is 4.74. The van der Waals surface area contributed by atoms with Gasteiger partial charge in [-0.1, -0.05) is 30.3 Å². The molecule has 1 heterocycles. The van der Waals surface area contributed by atoms with Gasteiger partial charge in [-0.05, 0) is 19.4 Å². The first kappa shape index (κ1) is 14.8. The number of nitrogens with one attached hydrogen (secondary N) is 3. The van der Waals surface area contributed by atoms with Crippen molar-refractivity contribution in [3.8, 4) is 0 Å². The Morgan fingerprint density at radius 1 is 1.24 bits per heavy atom. The van der Waals surface area contributed by atoms with Crippen LogP contribution >= 0.6 is 0 Å². The van der Waals surface area contributed by atoms with Crippen molar-refractivity contribution in [3.05, 3.63) is 57.5 Å². The lowest BCUT2D eigenvalue weighted by Crippen LogP contribution is -2.30. The zero-order valence-electron chi connectivity index (χ0n) is 12.1. The normalized spacial score (nSPS) is 10.2. The van der Waals surface area contributed by atoms with Gasteiger partial charge in [-0.25, -0.2) is 4.98 Å². The fourth-order valence-electron chi connectivity index (χ4n) is 1.75. The molecule has 6 nitrogen and oxygen atoms in total. The molecule has 0 radical (unpaired) electrons. The molecular weight excluding hydrogens is 268 g/mol. The molecule has 0 bridgehead atoms. The Bertz CT molecular complexity index is 680. The van der Waals surface area contributed by atoms with Crippen LogP contribution < -0.4 is 16.2 Å². The van der Waals surface area contributed by atoms with E-state index in [4.69, 9.17) is 0 Å². The lowest BCUT2D eigenvalue weighted by molar-refractivity contribution is -0.119. The molecule has 0 unspecified atom stereocenters. The highest BCUT2D eigenvalue weighted by molar-refractivity contribution is 5.80. The predicted octanol–water partition coefficient (Wildman–Crippen LogP) is 1.12. The summed E-state index contributed by atoms with van der Waals surface area (Å²) >= 11 is 0. The first-order valence-electron chi connectivity index (χ1n) is 6.68. The van der Waals surface area contributed by atoms with Crippen LogP contribution in [-0.4, -0.2) is 22.4 Å². The summed E-state index contributed by atoms with van der Waals surface area (Å²) < 4.78 is 0. The maximum absolute atomic E-state index is 11.7. The van der Waals surface area contributed by atoms with E-state index < -0.39 is 0 Å². The lowest BCUT2D eigenvalue weighted by atomic mass is 10.2. The van der Waals surface area contributed by atoms with Crippen molar-refractivity contribution in [1.29, 1.82) is 0 Å². The van der Waals surface area contributed by atoms with Gasteiger partial charge in [0.25, 0.3) is 5.56 Å². The molecule has 0 fully saturated rings. The summed E-state index contributed by atoms with van der Waals surface area (Å²) in [5.74, 6) is 0.137. The van der Waals surface area contributed by atoms with E-state index >= 15 is 0 Å². The highest BCUT2D eigenvalue weighted by atomic mass is 16.2. The number of aromatic amines is 1. The number of benzene rings is 1. The molecule has 0 aliphatic heterocycles. The van der Waals surface area contributed by atoms with Crippen molar-refractivity contribution in [2.45, 2.75) is 20.4 Å². The monoisotopic (exact) mass is 286 g/mol. The summed E-state index contributed by atoms with van der Waals surface area (Å²) in [7, 11) is 0. The third kappa shape index (κ3) is 4.17. The Morgan fingerprint density at radius 2 is 1.95 bits per heavy atom. The topological polar surface area (TPSA) is 86.9 Å². The summed E-state index contributed by atoms with van der Waals surface area (Å²) in [4.78, 5) is 30.1. The molecule has 6 heteroatoms. The third-order valence-electron chi connectivity index (χ3n) is 3.14. The Balaban J connectivity index is 1.85. The van der Waals surface area contributed by atoms with Crippen LogP contribution in [0.15, 0.2) is 35.1 Å². The first-order chi connectivity index (χ1) is 10.1. The molecule has 2 rings (SSSR count). The number of H-pyrrole nitrogens is 1. The summed E-state index contributed by atoms with van der Waals surface area (Å²) in [6.45, 7) is 3.99. The molecule has 110 valence electrons. The van der Waals surface area contributed by atoms with Crippen LogP contribution in [0.25, 0.3) is 0 Å². The van der Waals surface area contributed by atoms with Gasteiger partial charge in [0, 0.05) is 17.8 Å². The van der Waals surface area contributed by atoms with Crippen molar-refractivity contribution in [2.75, 3.05) is 11.9 Å². The maximum atomic E-state index is 11.7. The van der Waals surface area contributed by atoms with Crippen molar-refractivity contribution < 1.29 is 4.79 Å². The number of anilines is 1. The highest BCUT2D eigenvalue weighted by Crippen LogP contribution is 2.00. The van der Waals surface area contributed by atoms with E-state index in [-0.39, 0.29) is 18.0 Å². The van der Waals surface area contributed by atoms with Crippen LogP contribution in [0.2, 0.25) is 0 Å². The van der Waals surface area contributed by atoms with E-state index in [2.05, 4.69) is 20.6 Å². The predicted molar refractivity (Wildman–Crippen MR) is 81.1 cm³/mol. The van der Waals surface area contributed by atoms with Crippen LogP contribution in [0.1, 0.15) is 16.8 Å². The maximum Gasteiger partial charge on any atom is 0.255 e. The Hall–Kier alpha value is -2.63. The van der Waals surface area contributed by atoms with Crippen LogP contribution in [0.3, 0.4) is 0 Å². The fraction of sp³-hybridized carbons (Fsp3) is 0.267. The molecule has 3 N–H and O–H groups in total. The van der Waals surface area contributed by atoms with Crippen molar-refractivity contribution in [3.63, 3.8) is 0 Å². The van der Waals surface area contributed by atoms with E-state index in [1.54, 1.807) is 13.8 Å². The molecule has 0 spiro atoms. The zero-order valence-corrected chi connectivity index (χ0v) is 12.1. The van der Waals surface area contributed by atoms with E-state index in [9.17, 15) is 9.59 Å². The molecule has 1 aromatic carbocycles. The number of aromatic nitrogens is 2. The number of carbonyl (C=O) groups is 1. The van der Waals surface area contributed by atoms with Crippen LogP contribution in [0.4, 0.5) is 5.95 Å². The molecule has 1 amide bonds. The second kappa shape index (κ2) is 6.69. The van der Waals surface area contributed by atoms with Gasteiger partial charge in [0.1, 0.15) is 0 Å². The summed E-state index contributed by atoms with van der Waals surface area (Å²) in [6, 6.07) is 9.65. The minimum absolute atomic E-state index is 0.0538. The molecular formula is C15H18N4O2. The average Bonchev–Trinajstić information content (AvgIpc) is 2.49. The minimum Gasteiger partial charge on any atom is -0.350 e. The van der Waals surface area contributed by atoms with Gasteiger partial charge in [0.15, 0.2) is 0 Å². The zero-order chi connectivity index (χ0) is 15.2. The summed E-state index contributed by atoms with van der Waals surface area (Å²) in [5, 5.41) is 5.60. The van der Waals surface area contributed by atoms with Gasteiger partial charge >= 0.3 is 0 Å². The SMILES string of the molecule is Cc1nc(NCC(=O)NCc2ccccc2)[nH]c(=O)c1C. The Morgan fingerprint density at radius 3 is 2.62 bits per heavy atom. The summed E-state index contributed by atoms with van der Waals surface area (Å²) in [5.41, 5.74) is 2.05. The lowest BCUT2D eigenvalue weighted by Gasteiger charge is -2.08. The number of hydrogen-bond donors (Lipinski definition) is 3. The van der Waals surface area contributed by atoms with E-state index in [1.807, 2.05) is 30.3 Å². The first-order valence-corrected chi connectivity index (χ1v) is 6.68. The molecule has 0 aliphatic carbocycles. The fourth-order valence-corrected chi connectivity index (χ4v) is 1.75. The van der Waals surface area contributed by atoms with Crippen LogP contribution in [-0.2, 0) is 11.3 Å². The molecule has 1 aromatic heterocycles. The van der Waals surface area contributed by atoms with Gasteiger partial charge in [0.05, 0.1) is 6.54 Å². The van der Waals surface area contributed by atoms with Crippen molar-refractivity contribution in [2.24, 2.45) is 0 Å². The molecule has 2 aromatic rings. The second-order valence-electron chi connectivity index (χ2n) is 4.74. The number of carbonyl (C=O) groups excluding carboxylic acids is 1. The largest absolute Gasteiger partial charge is 0.350 e. The van der Waals surface area contributed by atoms with Gasteiger partial charge in [0.2, 0.25) is 11.9 Å². The summed E-state index contributed by atoms with van der Waals surface area (Å²) in [6.07, 6.45) is 0. The van der Waals surface area contributed by atoms with Gasteiger partial charge in [-0.2, -0.15) is 0 Å². The molecule has 0 saturated heterocycles. The van der Waals surface area contributed by atoms with Crippen LogP contribution in [0.5, 0.6) is 0 Å². The number of aryl methyl sites for hydroxylation is 1. The Kier molecular flexibility index (Phi) is 4.71. The third-order valence-corrected chi connectivity index (χ3v) is 3.14. The van der Waals surface area contributed by atoms with Crippen LogP contribution in [0, 0.1) is 13.8 Å². The highest BCUT2D eigenvalue weighted by Gasteiger charge is 2.05. The van der Waals surface area contributed by atoms with Gasteiger partial charge < -0.3 is 10.6 Å². The van der Waals surface area contributed by atoms with E-state index in [0.29, 0.717) is 23.8 Å². The number of hydrogen-bond acceptors (Lipinski definition) is 4. The minimum atomic E-state index is -0.199. The quantitative estimate of drug-likeness (QED) is 0.768. The van der Waals surface area contributed by atoms with E-state index in [1.165, 1.54) is 0 Å². The standard InChI is InChI=1S/C15H18N4O2/c1-10-11(2)18-15(19-14(10)21)17-9-13(20)16-8-12-6-4-3-5-7-12/h3-7H,8-9H2,1-2H3,(H,16,20)(H2,17,18,19,21). The molecule has 0 atom stereocenters.